The Labute approximate surface area is 101 Å². The smallest absolute Gasteiger partial charge is 0.274 e. The molecule has 0 saturated carbocycles. The minimum Gasteiger partial charge on any atom is -0.385 e. The molecule has 1 N–H and O–H groups in total. The molecule has 1 aromatic rings. The second-order valence-corrected chi connectivity index (χ2v) is 4.09. The Morgan fingerprint density at radius 2 is 2.24 bits per heavy atom. The van der Waals surface area contributed by atoms with Gasteiger partial charge in [-0.3, -0.25) is 10.1 Å². The van der Waals surface area contributed by atoms with Crippen LogP contribution in [0, 0.1) is 17.0 Å². The molecule has 0 aromatic heterocycles. The summed E-state index contributed by atoms with van der Waals surface area (Å²) in [7, 11) is 1.66. The lowest BCUT2D eigenvalue weighted by atomic mass is 10.1. The van der Waals surface area contributed by atoms with Crippen LogP contribution in [0.2, 0.25) is 0 Å². The van der Waals surface area contributed by atoms with Gasteiger partial charge in [0.05, 0.1) is 4.92 Å². The molecule has 1 rings (SSSR count). The third kappa shape index (κ3) is 4.03. The van der Waals surface area contributed by atoms with Crippen LogP contribution in [0.1, 0.15) is 18.9 Å². The van der Waals surface area contributed by atoms with Gasteiger partial charge >= 0.3 is 0 Å². The molecule has 0 spiro atoms. The van der Waals surface area contributed by atoms with E-state index in [1.165, 1.54) is 0 Å². The molecule has 0 aliphatic carbocycles. The maximum absolute atomic E-state index is 10.8. The van der Waals surface area contributed by atoms with Gasteiger partial charge in [-0.15, -0.1) is 0 Å². The number of nitrogens with zero attached hydrogens (tertiary/aromatic N) is 1. The van der Waals surface area contributed by atoms with Crippen molar-refractivity contribution in [3.63, 3.8) is 0 Å². The van der Waals surface area contributed by atoms with Crippen LogP contribution in [-0.2, 0) is 4.74 Å². The zero-order valence-electron chi connectivity index (χ0n) is 10.4. The number of aryl methyl sites for hydroxylation is 1. The van der Waals surface area contributed by atoms with Crippen LogP contribution in [0.25, 0.3) is 0 Å². The molecule has 0 saturated heterocycles. The molecule has 17 heavy (non-hydrogen) atoms. The molecule has 1 atom stereocenters. The number of nitro groups is 1. The Balaban J connectivity index is 2.72. The van der Waals surface area contributed by atoms with E-state index in [-0.39, 0.29) is 16.7 Å². The van der Waals surface area contributed by atoms with Crippen LogP contribution < -0.4 is 5.32 Å². The van der Waals surface area contributed by atoms with Crippen LogP contribution in [-0.4, -0.2) is 24.7 Å². The van der Waals surface area contributed by atoms with E-state index in [4.69, 9.17) is 4.74 Å². The van der Waals surface area contributed by atoms with Crippen LogP contribution in [0.4, 0.5) is 11.4 Å². The fraction of sp³-hybridized carbons (Fsp3) is 0.500. The van der Waals surface area contributed by atoms with E-state index in [2.05, 4.69) is 5.32 Å². The van der Waals surface area contributed by atoms with Crippen molar-refractivity contribution < 1.29 is 9.66 Å². The number of hydrogen-bond donors (Lipinski definition) is 1. The standard InChI is InChI=1S/C12H18N2O3/c1-9-4-5-11(8-12(9)14(15)16)13-10(2)6-7-17-3/h4-5,8,10,13H,6-7H2,1-3H3. The van der Waals surface area contributed by atoms with Crippen LogP contribution in [0.3, 0.4) is 0 Å². The highest BCUT2D eigenvalue weighted by molar-refractivity contribution is 5.55. The minimum atomic E-state index is -0.361. The first-order chi connectivity index (χ1) is 8.04. The van der Waals surface area contributed by atoms with Gasteiger partial charge in [0.25, 0.3) is 5.69 Å². The van der Waals surface area contributed by atoms with Crippen molar-refractivity contribution in [2.45, 2.75) is 26.3 Å². The quantitative estimate of drug-likeness (QED) is 0.611. The molecule has 0 aliphatic rings. The normalized spacial score (nSPS) is 12.2. The van der Waals surface area contributed by atoms with E-state index in [0.717, 1.165) is 12.1 Å². The molecule has 0 aliphatic heterocycles. The molecule has 1 aromatic carbocycles. The molecular weight excluding hydrogens is 220 g/mol. The number of rotatable bonds is 6. The van der Waals surface area contributed by atoms with Gasteiger partial charge in [-0.2, -0.15) is 0 Å². The molecule has 1 unspecified atom stereocenters. The van der Waals surface area contributed by atoms with Crippen molar-refractivity contribution in [2.75, 3.05) is 19.0 Å². The summed E-state index contributed by atoms with van der Waals surface area (Å²) < 4.78 is 4.98. The number of nitrogens with one attached hydrogen (secondary N) is 1. The monoisotopic (exact) mass is 238 g/mol. The second kappa shape index (κ2) is 6.20. The highest BCUT2D eigenvalue weighted by Gasteiger charge is 2.11. The minimum absolute atomic E-state index is 0.147. The van der Waals surface area contributed by atoms with Gasteiger partial charge < -0.3 is 10.1 Å². The van der Waals surface area contributed by atoms with E-state index in [1.54, 1.807) is 26.2 Å². The highest BCUT2D eigenvalue weighted by Crippen LogP contribution is 2.22. The fourth-order valence-electron chi connectivity index (χ4n) is 1.55. The predicted molar refractivity (Wildman–Crippen MR) is 67.4 cm³/mol. The van der Waals surface area contributed by atoms with Gasteiger partial charge in [-0.25, -0.2) is 0 Å². The largest absolute Gasteiger partial charge is 0.385 e. The van der Waals surface area contributed by atoms with Crippen molar-refractivity contribution >= 4 is 11.4 Å². The van der Waals surface area contributed by atoms with Crippen molar-refractivity contribution in [3.8, 4) is 0 Å². The van der Waals surface area contributed by atoms with Crippen molar-refractivity contribution in [3.05, 3.63) is 33.9 Å². The molecule has 0 bridgehead atoms. The van der Waals surface area contributed by atoms with Gasteiger partial charge in [0.2, 0.25) is 0 Å². The number of methoxy groups -OCH3 is 1. The topological polar surface area (TPSA) is 64.4 Å². The first-order valence-electron chi connectivity index (χ1n) is 5.55. The Kier molecular flexibility index (Phi) is 4.90. The third-order valence-electron chi connectivity index (χ3n) is 2.57. The van der Waals surface area contributed by atoms with Gasteiger partial charge in [0.1, 0.15) is 0 Å². The van der Waals surface area contributed by atoms with Crippen molar-refractivity contribution in [1.29, 1.82) is 0 Å². The summed E-state index contributed by atoms with van der Waals surface area (Å²) in [6.45, 7) is 4.42. The van der Waals surface area contributed by atoms with E-state index in [0.29, 0.717) is 12.2 Å². The Morgan fingerprint density at radius 3 is 2.82 bits per heavy atom. The lowest BCUT2D eigenvalue weighted by Crippen LogP contribution is -2.17. The van der Waals surface area contributed by atoms with E-state index < -0.39 is 0 Å². The molecule has 0 fully saturated rings. The number of anilines is 1. The summed E-state index contributed by atoms with van der Waals surface area (Å²) in [5.74, 6) is 0. The average Bonchev–Trinajstić information content (AvgIpc) is 2.28. The molecular formula is C12H18N2O3. The lowest BCUT2D eigenvalue weighted by molar-refractivity contribution is -0.385. The summed E-state index contributed by atoms with van der Waals surface area (Å²) in [5, 5.41) is 14.0. The molecule has 0 radical (unpaired) electrons. The lowest BCUT2D eigenvalue weighted by Gasteiger charge is -2.14. The van der Waals surface area contributed by atoms with Crippen LogP contribution >= 0.6 is 0 Å². The Bertz CT molecular complexity index is 393. The summed E-state index contributed by atoms with van der Waals surface area (Å²) in [5.41, 5.74) is 1.59. The highest BCUT2D eigenvalue weighted by atomic mass is 16.6. The molecule has 5 heteroatoms. The van der Waals surface area contributed by atoms with Crippen molar-refractivity contribution in [2.24, 2.45) is 0 Å². The zero-order chi connectivity index (χ0) is 12.8. The predicted octanol–water partition coefficient (Wildman–Crippen LogP) is 2.74. The number of benzene rings is 1. The van der Waals surface area contributed by atoms with Crippen molar-refractivity contribution in [1.82, 2.24) is 0 Å². The van der Waals surface area contributed by atoms with Gasteiger partial charge in [0.15, 0.2) is 0 Å². The van der Waals surface area contributed by atoms with Crippen LogP contribution in [0.5, 0.6) is 0 Å². The molecule has 94 valence electrons. The van der Waals surface area contributed by atoms with E-state index in [1.807, 2.05) is 13.0 Å². The second-order valence-electron chi connectivity index (χ2n) is 4.09. The molecule has 0 heterocycles. The fourth-order valence-corrected chi connectivity index (χ4v) is 1.55. The van der Waals surface area contributed by atoms with E-state index in [9.17, 15) is 10.1 Å². The number of nitro benzene ring substituents is 1. The maximum Gasteiger partial charge on any atom is 0.274 e. The van der Waals surface area contributed by atoms with Gasteiger partial charge in [-0.05, 0) is 26.3 Å². The van der Waals surface area contributed by atoms with Gasteiger partial charge in [0, 0.05) is 37.1 Å². The summed E-state index contributed by atoms with van der Waals surface area (Å²) >= 11 is 0. The third-order valence-corrected chi connectivity index (χ3v) is 2.57. The summed E-state index contributed by atoms with van der Waals surface area (Å²) in [6, 6.07) is 5.39. The number of ether oxygens (including phenoxy) is 1. The summed E-state index contributed by atoms with van der Waals surface area (Å²) in [6.07, 6.45) is 0.859. The SMILES string of the molecule is COCCC(C)Nc1ccc(C)c([N+](=O)[O-])c1. The van der Waals surface area contributed by atoms with E-state index >= 15 is 0 Å². The Hall–Kier alpha value is -1.62. The average molecular weight is 238 g/mol. The zero-order valence-corrected chi connectivity index (χ0v) is 10.4. The van der Waals surface area contributed by atoms with Crippen LogP contribution in [0.15, 0.2) is 18.2 Å². The number of hydrogen-bond acceptors (Lipinski definition) is 4. The first kappa shape index (κ1) is 13.4. The molecule has 5 nitrogen and oxygen atoms in total. The molecule has 0 amide bonds. The first-order valence-corrected chi connectivity index (χ1v) is 5.55. The summed E-state index contributed by atoms with van der Waals surface area (Å²) in [4.78, 5) is 10.4. The maximum atomic E-state index is 10.8. The Morgan fingerprint density at radius 1 is 1.53 bits per heavy atom. The van der Waals surface area contributed by atoms with Gasteiger partial charge in [-0.1, -0.05) is 6.07 Å².